The van der Waals surface area contributed by atoms with Crippen molar-refractivity contribution in [3.8, 4) is 5.75 Å². The van der Waals surface area contributed by atoms with Gasteiger partial charge in [-0.2, -0.15) is 0 Å². The maximum absolute atomic E-state index is 13.4. The number of pyridine rings is 2. The molecule has 4 aromatic rings. The number of para-hydroxylation sites is 1. The van der Waals surface area contributed by atoms with Gasteiger partial charge in [-0.25, -0.2) is 4.98 Å². The summed E-state index contributed by atoms with van der Waals surface area (Å²) in [5.41, 5.74) is 3.37. The summed E-state index contributed by atoms with van der Waals surface area (Å²) in [7, 11) is 3.73. The van der Waals surface area contributed by atoms with Crippen molar-refractivity contribution in [1.29, 1.82) is 0 Å². The molecule has 0 aliphatic carbocycles. The molecule has 1 atom stereocenters. The van der Waals surface area contributed by atoms with E-state index >= 15 is 0 Å². The zero-order chi connectivity index (χ0) is 24.5. The number of ether oxygens (including phenoxy) is 1. The van der Waals surface area contributed by atoms with E-state index in [1.165, 1.54) is 6.07 Å². The fraction of sp³-hybridized carbons (Fsp3) is 0.222. The molecule has 2 aromatic carbocycles. The van der Waals surface area contributed by atoms with Gasteiger partial charge in [0, 0.05) is 42.6 Å². The Morgan fingerprint density at radius 2 is 1.91 bits per heavy atom. The van der Waals surface area contributed by atoms with E-state index < -0.39 is 0 Å². The average molecular weight is 489 g/mol. The monoisotopic (exact) mass is 488 g/mol. The van der Waals surface area contributed by atoms with Gasteiger partial charge in [-0.3, -0.25) is 9.59 Å². The second kappa shape index (κ2) is 9.43. The first-order valence-corrected chi connectivity index (χ1v) is 11.8. The van der Waals surface area contributed by atoms with E-state index in [1.807, 2.05) is 55.4 Å². The predicted molar refractivity (Wildman–Crippen MR) is 138 cm³/mol. The summed E-state index contributed by atoms with van der Waals surface area (Å²) in [5, 5.41) is 4.54. The molecule has 2 aromatic heterocycles. The molecule has 0 radical (unpaired) electrons. The number of hydrogen-bond donors (Lipinski definition) is 1. The van der Waals surface area contributed by atoms with Gasteiger partial charge >= 0.3 is 0 Å². The summed E-state index contributed by atoms with van der Waals surface area (Å²) in [5.74, 6) is 0.516. The first kappa shape index (κ1) is 22.9. The van der Waals surface area contributed by atoms with Crippen LogP contribution in [0.5, 0.6) is 5.75 Å². The maximum Gasteiger partial charge on any atom is 0.272 e. The van der Waals surface area contributed by atoms with Gasteiger partial charge in [0.2, 0.25) is 0 Å². The summed E-state index contributed by atoms with van der Waals surface area (Å²) in [6, 6.07) is 18.2. The summed E-state index contributed by atoms with van der Waals surface area (Å²) in [4.78, 5) is 32.6. The van der Waals surface area contributed by atoms with Crippen LogP contribution < -0.4 is 20.5 Å². The number of carbonyl (C=O) groups is 1. The lowest BCUT2D eigenvalue weighted by atomic mass is 10.0. The normalized spacial score (nSPS) is 14.8. The van der Waals surface area contributed by atoms with Gasteiger partial charge in [0.1, 0.15) is 5.75 Å². The highest BCUT2D eigenvalue weighted by atomic mass is 35.5. The van der Waals surface area contributed by atoms with Crippen LogP contribution in [0.1, 0.15) is 34.1 Å². The van der Waals surface area contributed by atoms with Crippen LogP contribution in [0.3, 0.4) is 0 Å². The van der Waals surface area contributed by atoms with Crippen molar-refractivity contribution < 1.29 is 9.53 Å². The number of hydrogen-bond acceptors (Lipinski definition) is 5. The number of anilines is 1. The van der Waals surface area contributed by atoms with E-state index in [1.54, 1.807) is 29.0 Å². The molecule has 0 saturated carbocycles. The van der Waals surface area contributed by atoms with Crippen LogP contribution in [0.15, 0.2) is 71.7 Å². The van der Waals surface area contributed by atoms with Gasteiger partial charge in [-0.1, -0.05) is 41.9 Å². The number of aromatic nitrogens is 2. The molecule has 1 aliphatic rings. The van der Waals surface area contributed by atoms with Crippen molar-refractivity contribution >= 4 is 34.1 Å². The minimum atomic E-state index is -0.271. The van der Waals surface area contributed by atoms with Crippen molar-refractivity contribution in [2.75, 3.05) is 25.6 Å². The molecule has 35 heavy (non-hydrogen) atoms. The molecule has 3 heterocycles. The van der Waals surface area contributed by atoms with Crippen molar-refractivity contribution in [3.63, 3.8) is 0 Å². The molecule has 0 saturated heterocycles. The molecule has 178 valence electrons. The van der Waals surface area contributed by atoms with Gasteiger partial charge in [0.05, 0.1) is 36.6 Å². The van der Waals surface area contributed by atoms with Gasteiger partial charge in [-0.15, -0.1) is 0 Å². The standard InChI is InChI=1S/C27H25ClN4O3/c1-31(2)26-20-11-12-24(33)32(16-17-7-9-18(28)10-8-17)22(20)15-29-25(26)27(34)30-21-13-14-35-23-6-4-3-5-19(21)23/h3-12,15,21H,13-14,16H2,1-2H3,(H,30,34)/t21-/m0/s1. The van der Waals surface area contributed by atoms with Crippen molar-refractivity contribution in [2.24, 2.45) is 0 Å². The lowest BCUT2D eigenvalue weighted by molar-refractivity contribution is 0.0920. The van der Waals surface area contributed by atoms with Gasteiger partial charge in [-0.05, 0) is 29.8 Å². The third kappa shape index (κ3) is 4.47. The Hall–Kier alpha value is -3.84. The van der Waals surface area contributed by atoms with Crippen molar-refractivity contribution in [3.05, 3.63) is 99.1 Å². The van der Waals surface area contributed by atoms with Crippen LogP contribution in [0.4, 0.5) is 5.69 Å². The highest BCUT2D eigenvalue weighted by Gasteiger charge is 2.26. The van der Waals surface area contributed by atoms with E-state index in [0.29, 0.717) is 41.5 Å². The summed E-state index contributed by atoms with van der Waals surface area (Å²) in [6.07, 6.45) is 2.28. The number of rotatable bonds is 5. The zero-order valence-electron chi connectivity index (χ0n) is 19.5. The average Bonchev–Trinajstić information content (AvgIpc) is 2.86. The quantitative estimate of drug-likeness (QED) is 0.450. The largest absolute Gasteiger partial charge is 0.493 e. The Morgan fingerprint density at radius 1 is 1.14 bits per heavy atom. The summed E-state index contributed by atoms with van der Waals surface area (Å²) in [6.45, 7) is 0.900. The molecular formula is C27H25ClN4O3. The minimum Gasteiger partial charge on any atom is -0.493 e. The number of carbonyl (C=O) groups excluding carboxylic acids is 1. The Kier molecular flexibility index (Phi) is 6.17. The van der Waals surface area contributed by atoms with Crippen molar-refractivity contribution in [1.82, 2.24) is 14.9 Å². The van der Waals surface area contributed by atoms with Gasteiger partial charge in [0.25, 0.3) is 11.5 Å². The van der Waals surface area contributed by atoms with Crippen LogP contribution >= 0.6 is 11.6 Å². The van der Waals surface area contributed by atoms with Crippen LogP contribution in [0.25, 0.3) is 10.9 Å². The molecule has 7 nitrogen and oxygen atoms in total. The van der Waals surface area contributed by atoms with E-state index in [2.05, 4.69) is 10.3 Å². The molecule has 0 spiro atoms. The number of fused-ring (bicyclic) bond motifs is 2. The number of halogens is 1. The number of nitrogens with zero attached hydrogens (tertiary/aromatic N) is 3. The second-order valence-electron chi connectivity index (χ2n) is 8.73. The minimum absolute atomic E-state index is 0.144. The predicted octanol–water partition coefficient (Wildman–Crippen LogP) is 4.42. The topological polar surface area (TPSA) is 76.5 Å². The Balaban J connectivity index is 1.54. The maximum atomic E-state index is 13.4. The van der Waals surface area contributed by atoms with E-state index in [-0.39, 0.29) is 17.5 Å². The molecule has 5 rings (SSSR count). The number of benzene rings is 2. The fourth-order valence-electron chi connectivity index (χ4n) is 4.52. The summed E-state index contributed by atoms with van der Waals surface area (Å²) < 4.78 is 7.39. The van der Waals surface area contributed by atoms with Crippen LogP contribution in [-0.4, -0.2) is 36.2 Å². The molecule has 1 aliphatic heterocycles. The molecule has 0 bridgehead atoms. The lowest BCUT2D eigenvalue weighted by Crippen LogP contribution is -2.34. The molecular weight excluding hydrogens is 464 g/mol. The number of nitrogens with one attached hydrogen (secondary N) is 1. The molecule has 1 amide bonds. The van der Waals surface area contributed by atoms with Crippen LogP contribution in [0.2, 0.25) is 5.02 Å². The fourth-order valence-corrected chi connectivity index (χ4v) is 4.65. The zero-order valence-corrected chi connectivity index (χ0v) is 20.2. The second-order valence-corrected chi connectivity index (χ2v) is 9.17. The Labute approximate surface area is 207 Å². The lowest BCUT2D eigenvalue weighted by Gasteiger charge is -2.27. The highest BCUT2D eigenvalue weighted by Crippen LogP contribution is 2.33. The van der Waals surface area contributed by atoms with Crippen LogP contribution in [0, 0.1) is 0 Å². The summed E-state index contributed by atoms with van der Waals surface area (Å²) >= 11 is 6.01. The molecule has 1 N–H and O–H groups in total. The first-order valence-electron chi connectivity index (χ1n) is 11.4. The van der Waals surface area contributed by atoms with Gasteiger partial charge in [0.15, 0.2) is 5.69 Å². The number of amides is 1. The Bertz CT molecular complexity index is 1460. The molecule has 0 fully saturated rings. The third-order valence-electron chi connectivity index (χ3n) is 6.20. The van der Waals surface area contributed by atoms with E-state index in [0.717, 1.165) is 22.3 Å². The Morgan fingerprint density at radius 3 is 2.69 bits per heavy atom. The highest BCUT2D eigenvalue weighted by molar-refractivity contribution is 6.30. The molecule has 8 heteroatoms. The van der Waals surface area contributed by atoms with Crippen LogP contribution in [-0.2, 0) is 6.54 Å². The van der Waals surface area contributed by atoms with E-state index in [4.69, 9.17) is 16.3 Å². The smallest absolute Gasteiger partial charge is 0.272 e. The first-order chi connectivity index (χ1) is 16.9. The van der Waals surface area contributed by atoms with Gasteiger partial charge < -0.3 is 19.5 Å². The third-order valence-corrected chi connectivity index (χ3v) is 6.45. The SMILES string of the molecule is CN(C)c1c(C(=O)N[C@H]2CCOc3ccccc32)ncc2c1ccc(=O)n2Cc1ccc(Cl)cc1. The molecule has 0 unspecified atom stereocenters. The van der Waals surface area contributed by atoms with Crippen molar-refractivity contribution in [2.45, 2.75) is 19.0 Å². The van der Waals surface area contributed by atoms with E-state index in [9.17, 15) is 9.59 Å².